The zero-order chi connectivity index (χ0) is 13.8. The molecule has 0 saturated carbocycles. The summed E-state index contributed by atoms with van der Waals surface area (Å²) < 4.78 is 0. The molecule has 0 aliphatic carbocycles. The molecule has 0 bridgehead atoms. The summed E-state index contributed by atoms with van der Waals surface area (Å²) >= 11 is 0. The number of hydrogen-bond donors (Lipinski definition) is 2. The smallest absolute Gasteiger partial charge is 0.229 e. The number of fused-ring (bicyclic) bond motifs is 1. The lowest BCUT2D eigenvalue weighted by Crippen LogP contribution is -2.33. The maximum Gasteiger partial charge on any atom is 0.229 e. The van der Waals surface area contributed by atoms with Gasteiger partial charge in [0, 0.05) is 30.0 Å². The fourth-order valence-electron chi connectivity index (χ4n) is 2.08. The van der Waals surface area contributed by atoms with Gasteiger partial charge in [0.1, 0.15) is 0 Å². The number of nitrogens with one attached hydrogen (secondary N) is 1. The van der Waals surface area contributed by atoms with Crippen molar-refractivity contribution in [2.24, 2.45) is 17.6 Å². The van der Waals surface area contributed by atoms with Crippen molar-refractivity contribution in [1.29, 1.82) is 0 Å². The fourth-order valence-corrected chi connectivity index (χ4v) is 2.08. The molecular weight excluding hydrogens is 238 g/mol. The molecule has 1 aromatic carbocycles. The summed E-state index contributed by atoms with van der Waals surface area (Å²) in [6.07, 6.45) is 3.54. The van der Waals surface area contributed by atoms with Gasteiger partial charge < -0.3 is 11.1 Å². The maximum atomic E-state index is 12.1. The van der Waals surface area contributed by atoms with Gasteiger partial charge in [0.05, 0.1) is 5.92 Å². The highest BCUT2D eigenvalue weighted by Gasteiger charge is 2.20. The van der Waals surface area contributed by atoms with Crippen LogP contribution in [0.15, 0.2) is 36.7 Å². The van der Waals surface area contributed by atoms with E-state index < -0.39 is 0 Å². The Kier molecular flexibility index (Phi) is 4.12. The zero-order valence-corrected chi connectivity index (χ0v) is 11.3. The number of nitrogens with zero attached hydrogens (tertiary/aromatic N) is 1. The van der Waals surface area contributed by atoms with Crippen molar-refractivity contribution in [3.8, 4) is 0 Å². The predicted molar refractivity (Wildman–Crippen MR) is 77.8 cm³/mol. The van der Waals surface area contributed by atoms with Crippen LogP contribution in [-0.2, 0) is 4.79 Å². The Morgan fingerprint density at radius 3 is 2.79 bits per heavy atom. The largest absolute Gasteiger partial charge is 0.330 e. The molecule has 1 atom stereocenters. The average Bonchev–Trinajstić information content (AvgIpc) is 2.39. The van der Waals surface area contributed by atoms with Gasteiger partial charge in [-0.15, -0.1) is 0 Å². The van der Waals surface area contributed by atoms with Gasteiger partial charge in [-0.05, 0) is 29.5 Å². The molecule has 0 spiro atoms. The van der Waals surface area contributed by atoms with Crippen molar-refractivity contribution in [2.45, 2.75) is 13.8 Å². The third-order valence-electron chi connectivity index (χ3n) is 3.30. The van der Waals surface area contributed by atoms with E-state index in [0.717, 1.165) is 16.5 Å². The van der Waals surface area contributed by atoms with Crippen molar-refractivity contribution < 1.29 is 4.79 Å². The summed E-state index contributed by atoms with van der Waals surface area (Å²) in [6.45, 7) is 4.37. The van der Waals surface area contributed by atoms with E-state index in [-0.39, 0.29) is 17.7 Å². The van der Waals surface area contributed by atoms with Gasteiger partial charge in [0.2, 0.25) is 5.91 Å². The lowest BCUT2D eigenvalue weighted by Gasteiger charge is -2.18. The van der Waals surface area contributed by atoms with E-state index in [4.69, 9.17) is 5.73 Å². The fraction of sp³-hybridized carbons (Fsp3) is 0.333. The molecule has 100 valence electrons. The van der Waals surface area contributed by atoms with Gasteiger partial charge >= 0.3 is 0 Å². The highest BCUT2D eigenvalue weighted by atomic mass is 16.1. The minimum atomic E-state index is -0.159. The van der Waals surface area contributed by atoms with Crippen LogP contribution in [0, 0.1) is 11.8 Å². The van der Waals surface area contributed by atoms with E-state index in [0.29, 0.717) is 6.54 Å². The molecule has 2 aromatic rings. The van der Waals surface area contributed by atoms with Crippen LogP contribution in [0.5, 0.6) is 0 Å². The van der Waals surface area contributed by atoms with Gasteiger partial charge in [-0.1, -0.05) is 19.9 Å². The monoisotopic (exact) mass is 257 g/mol. The Morgan fingerprint density at radius 2 is 2.11 bits per heavy atom. The molecule has 2 rings (SSSR count). The Hall–Kier alpha value is -1.94. The Bertz CT molecular complexity index is 580. The Morgan fingerprint density at radius 1 is 1.32 bits per heavy atom. The molecule has 3 N–H and O–H groups in total. The van der Waals surface area contributed by atoms with Crippen LogP contribution in [0.3, 0.4) is 0 Å². The van der Waals surface area contributed by atoms with Gasteiger partial charge in [0.15, 0.2) is 0 Å². The van der Waals surface area contributed by atoms with Crippen molar-refractivity contribution in [1.82, 2.24) is 4.98 Å². The first-order valence-electron chi connectivity index (χ1n) is 6.46. The first-order valence-corrected chi connectivity index (χ1v) is 6.46. The van der Waals surface area contributed by atoms with Crippen LogP contribution >= 0.6 is 0 Å². The summed E-state index contributed by atoms with van der Waals surface area (Å²) in [5, 5.41) is 5.04. The average molecular weight is 257 g/mol. The van der Waals surface area contributed by atoms with Gasteiger partial charge in [-0.3, -0.25) is 9.78 Å². The van der Waals surface area contributed by atoms with E-state index in [1.807, 2.05) is 38.1 Å². The third-order valence-corrected chi connectivity index (χ3v) is 3.30. The SMILES string of the molecule is CC(C)[C@@H](CN)C(=O)Nc1ccc2cnccc2c1. The molecule has 0 radical (unpaired) electrons. The normalized spacial score (nSPS) is 12.6. The maximum absolute atomic E-state index is 12.1. The first-order chi connectivity index (χ1) is 9.11. The predicted octanol–water partition coefficient (Wildman–Crippen LogP) is 2.40. The van der Waals surface area contributed by atoms with E-state index in [1.54, 1.807) is 12.4 Å². The standard InChI is InChI=1S/C15H19N3O/c1-10(2)14(8-16)15(19)18-13-4-3-12-9-17-6-5-11(12)7-13/h3-7,9-10,14H,8,16H2,1-2H3,(H,18,19)/t14-/m1/s1. The number of pyridine rings is 1. The summed E-state index contributed by atoms with van der Waals surface area (Å²) in [5.41, 5.74) is 6.44. The van der Waals surface area contributed by atoms with Crippen LogP contribution in [0.25, 0.3) is 10.8 Å². The van der Waals surface area contributed by atoms with Crippen LogP contribution in [-0.4, -0.2) is 17.4 Å². The summed E-state index contributed by atoms with van der Waals surface area (Å²) in [6, 6.07) is 7.71. The number of carbonyl (C=O) groups excluding carboxylic acids is 1. The zero-order valence-electron chi connectivity index (χ0n) is 11.3. The quantitative estimate of drug-likeness (QED) is 0.883. The lowest BCUT2D eigenvalue weighted by atomic mass is 9.95. The number of amides is 1. The number of benzene rings is 1. The third kappa shape index (κ3) is 3.09. The van der Waals surface area contributed by atoms with E-state index in [9.17, 15) is 4.79 Å². The summed E-state index contributed by atoms with van der Waals surface area (Å²) in [7, 11) is 0. The molecule has 1 heterocycles. The Balaban J connectivity index is 2.19. The molecule has 0 unspecified atom stereocenters. The number of rotatable bonds is 4. The van der Waals surface area contributed by atoms with Gasteiger partial charge in [-0.2, -0.15) is 0 Å². The highest BCUT2D eigenvalue weighted by molar-refractivity contribution is 5.95. The summed E-state index contributed by atoms with van der Waals surface area (Å²) in [4.78, 5) is 16.2. The molecule has 0 saturated heterocycles. The molecule has 4 heteroatoms. The molecule has 0 aliphatic rings. The molecule has 1 amide bonds. The van der Waals surface area contributed by atoms with Crippen molar-refractivity contribution in [3.05, 3.63) is 36.7 Å². The number of aromatic nitrogens is 1. The second-order valence-corrected chi connectivity index (χ2v) is 5.01. The van der Waals surface area contributed by atoms with Crippen LogP contribution in [0.2, 0.25) is 0 Å². The van der Waals surface area contributed by atoms with E-state index in [2.05, 4.69) is 10.3 Å². The van der Waals surface area contributed by atoms with E-state index >= 15 is 0 Å². The van der Waals surface area contributed by atoms with E-state index in [1.165, 1.54) is 0 Å². The van der Waals surface area contributed by atoms with Crippen LogP contribution in [0.1, 0.15) is 13.8 Å². The second-order valence-electron chi connectivity index (χ2n) is 5.01. The number of carbonyl (C=O) groups is 1. The molecular formula is C15H19N3O. The van der Waals surface area contributed by atoms with Crippen molar-refractivity contribution in [2.75, 3.05) is 11.9 Å². The van der Waals surface area contributed by atoms with Crippen LogP contribution < -0.4 is 11.1 Å². The lowest BCUT2D eigenvalue weighted by molar-refractivity contribution is -0.120. The van der Waals surface area contributed by atoms with Crippen LogP contribution in [0.4, 0.5) is 5.69 Å². The van der Waals surface area contributed by atoms with Gasteiger partial charge in [-0.25, -0.2) is 0 Å². The van der Waals surface area contributed by atoms with Gasteiger partial charge in [0.25, 0.3) is 0 Å². The number of anilines is 1. The topological polar surface area (TPSA) is 68.0 Å². The summed E-state index contributed by atoms with van der Waals surface area (Å²) in [5.74, 6) is 0.0497. The molecule has 1 aromatic heterocycles. The van der Waals surface area contributed by atoms with Crippen molar-refractivity contribution >= 4 is 22.4 Å². The molecule has 0 aliphatic heterocycles. The number of hydrogen-bond acceptors (Lipinski definition) is 3. The number of nitrogens with two attached hydrogens (primary N) is 1. The minimum Gasteiger partial charge on any atom is -0.330 e. The Labute approximate surface area is 113 Å². The molecule has 4 nitrogen and oxygen atoms in total. The highest BCUT2D eigenvalue weighted by Crippen LogP contribution is 2.19. The first kappa shape index (κ1) is 13.5. The molecule has 19 heavy (non-hydrogen) atoms. The second kappa shape index (κ2) is 5.80. The minimum absolute atomic E-state index is 0.0223. The molecule has 0 fully saturated rings. The van der Waals surface area contributed by atoms with Crippen molar-refractivity contribution in [3.63, 3.8) is 0 Å².